The SMILES string of the molecule is Cn1ccnc1C(O)C1CCN(Cc2nc(-c3ccc4c(c3)OCO4)no2)CC1. The van der Waals surface area contributed by atoms with Crippen LogP contribution >= 0.6 is 0 Å². The summed E-state index contributed by atoms with van der Waals surface area (Å²) >= 11 is 0. The Balaban J connectivity index is 1.19. The van der Waals surface area contributed by atoms with E-state index in [1.165, 1.54) is 0 Å². The lowest BCUT2D eigenvalue weighted by molar-refractivity contribution is 0.0466. The highest BCUT2D eigenvalue weighted by molar-refractivity contribution is 5.61. The van der Waals surface area contributed by atoms with Crippen molar-refractivity contribution >= 4 is 0 Å². The van der Waals surface area contributed by atoms with E-state index < -0.39 is 6.10 Å². The number of fused-ring (bicyclic) bond motifs is 1. The van der Waals surface area contributed by atoms with Gasteiger partial charge in [0.05, 0.1) is 6.54 Å². The Bertz CT molecular complexity index is 992. The molecule has 1 aromatic carbocycles. The molecule has 1 saturated heterocycles. The highest BCUT2D eigenvalue weighted by Crippen LogP contribution is 2.35. The van der Waals surface area contributed by atoms with Gasteiger partial charge in [0, 0.05) is 25.0 Å². The zero-order valence-electron chi connectivity index (χ0n) is 16.2. The van der Waals surface area contributed by atoms with Crippen LogP contribution in [0.3, 0.4) is 0 Å². The van der Waals surface area contributed by atoms with Crippen LogP contribution in [-0.2, 0) is 13.6 Å². The quantitative estimate of drug-likeness (QED) is 0.699. The van der Waals surface area contributed by atoms with Gasteiger partial charge < -0.3 is 23.7 Å². The monoisotopic (exact) mass is 397 g/mol. The maximum absolute atomic E-state index is 10.6. The third kappa shape index (κ3) is 3.58. The van der Waals surface area contributed by atoms with E-state index in [2.05, 4.69) is 20.0 Å². The van der Waals surface area contributed by atoms with E-state index in [0.29, 0.717) is 24.0 Å². The molecule has 5 rings (SSSR count). The van der Waals surface area contributed by atoms with Crippen molar-refractivity contribution in [2.75, 3.05) is 19.9 Å². The molecule has 9 heteroatoms. The second kappa shape index (κ2) is 7.49. The Morgan fingerprint density at radius 1 is 1.21 bits per heavy atom. The number of piperidine rings is 1. The number of aromatic nitrogens is 4. The topological polar surface area (TPSA) is 98.7 Å². The number of hydrogen-bond donors (Lipinski definition) is 1. The van der Waals surface area contributed by atoms with Crippen LogP contribution in [0.2, 0.25) is 0 Å². The van der Waals surface area contributed by atoms with Gasteiger partial charge in [-0.05, 0) is 50.0 Å². The van der Waals surface area contributed by atoms with Crippen molar-refractivity contribution < 1.29 is 19.1 Å². The molecule has 29 heavy (non-hydrogen) atoms. The molecule has 0 bridgehead atoms. The fraction of sp³-hybridized carbons (Fsp3) is 0.450. The Kier molecular flexibility index (Phi) is 4.69. The molecule has 4 heterocycles. The van der Waals surface area contributed by atoms with E-state index in [-0.39, 0.29) is 12.7 Å². The summed E-state index contributed by atoms with van der Waals surface area (Å²) in [4.78, 5) is 11.1. The molecule has 2 aliphatic heterocycles. The third-order valence-corrected chi connectivity index (χ3v) is 5.66. The number of rotatable bonds is 5. The summed E-state index contributed by atoms with van der Waals surface area (Å²) in [6.45, 7) is 2.58. The average molecular weight is 397 g/mol. The minimum absolute atomic E-state index is 0.208. The van der Waals surface area contributed by atoms with Crippen molar-refractivity contribution in [3.8, 4) is 22.9 Å². The number of aliphatic hydroxyl groups excluding tert-OH is 1. The van der Waals surface area contributed by atoms with E-state index in [1.54, 1.807) is 6.20 Å². The number of aryl methyl sites for hydroxylation is 1. The summed E-state index contributed by atoms with van der Waals surface area (Å²) < 4.78 is 18.1. The Morgan fingerprint density at radius 2 is 2.03 bits per heavy atom. The molecular formula is C20H23N5O4. The summed E-state index contributed by atoms with van der Waals surface area (Å²) in [7, 11) is 1.91. The number of aliphatic hydroxyl groups is 1. The molecule has 152 valence electrons. The van der Waals surface area contributed by atoms with Crippen LogP contribution in [-0.4, -0.2) is 49.6 Å². The second-order valence-corrected chi connectivity index (χ2v) is 7.53. The van der Waals surface area contributed by atoms with Crippen molar-refractivity contribution in [1.29, 1.82) is 0 Å². The standard InChI is InChI=1S/C20H23N5O4/c1-24-9-6-21-20(24)18(26)13-4-7-25(8-5-13)11-17-22-19(23-29-17)14-2-3-15-16(10-14)28-12-27-15/h2-3,6,9-10,13,18,26H,4-5,7-8,11-12H2,1H3. The Labute approximate surface area is 167 Å². The molecule has 0 radical (unpaired) electrons. The van der Waals surface area contributed by atoms with E-state index >= 15 is 0 Å². The molecule has 2 aliphatic rings. The number of likely N-dealkylation sites (tertiary alicyclic amines) is 1. The number of hydrogen-bond acceptors (Lipinski definition) is 8. The van der Waals surface area contributed by atoms with Crippen molar-refractivity contribution in [2.45, 2.75) is 25.5 Å². The minimum Gasteiger partial charge on any atom is -0.454 e. The van der Waals surface area contributed by atoms with Gasteiger partial charge >= 0.3 is 0 Å². The number of nitrogens with zero attached hydrogens (tertiary/aromatic N) is 5. The molecule has 1 atom stereocenters. The molecule has 1 unspecified atom stereocenters. The van der Waals surface area contributed by atoms with E-state index in [1.807, 2.05) is 36.0 Å². The first-order valence-electron chi connectivity index (χ1n) is 9.77. The molecule has 0 saturated carbocycles. The maximum Gasteiger partial charge on any atom is 0.241 e. The van der Waals surface area contributed by atoms with Gasteiger partial charge in [-0.1, -0.05) is 5.16 Å². The summed E-state index contributed by atoms with van der Waals surface area (Å²) in [5, 5.41) is 14.7. The van der Waals surface area contributed by atoms with Crippen LogP contribution in [0.15, 0.2) is 35.1 Å². The molecule has 0 spiro atoms. The minimum atomic E-state index is -0.529. The lowest BCUT2D eigenvalue weighted by Gasteiger charge is -2.33. The normalized spacial score (nSPS) is 18.3. The molecule has 0 amide bonds. The Hall–Kier alpha value is -2.91. The number of benzene rings is 1. The summed E-state index contributed by atoms with van der Waals surface area (Å²) in [6, 6.07) is 5.61. The fourth-order valence-corrected chi connectivity index (χ4v) is 3.96. The summed E-state index contributed by atoms with van der Waals surface area (Å²) in [5.74, 6) is 3.49. The van der Waals surface area contributed by atoms with Crippen LogP contribution in [0.25, 0.3) is 11.4 Å². The second-order valence-electron chi connectivity index (χ2n) is 7.53. The van der Waals surface area contributed by atoms with Gasteiger partial charge in [-0.25, -0.2) is 4.98 Å². The van der Waals surface area contributed by atoms with Crippen LogP contribution < -0.4 is 9.47 Å². The summed E-state index contributed by atoms with van der Waals surface area (Å²) in [6.07, 6.45) is 4.86. The van der Waals surface area contributed by atoms with Gasteiger partial charge in [-0.15, -0.1) is 0 Å². The number of imidazole rings is 1. The van der Waals surface area contributed by atoms with Gasteiger partial charge in [-0.3, -0.25) is 4.90 Å². The van der Waals surface area contributed by atoms with Gasteiger partial charge in [0.2, 0.25) is 18.5 Å². The van der Waals surface area contributed by atoms with Crippen molar-refractivity contribution in [3.05, 3.63) is 42.3 Å². The van der Waals surface area contributed by atoms with E-state index in [0.717, 1.165) is 43.1 Å². The first kappa shape index (κ1) is 18.1. The average Bonchev–Trinajstić information content (AvgIpc) is 3.48. The van der Waals surface area contributed by atoms with Crippen molar-refractivity contribution in [3.63, 3.8) is 0 Å². The maximum atomic E-state index is 10.6. The molecular weight excluding hydrogens is 374 g/mol. The molecule has 9 nitrogen and oxygen atoms in total. The largest absolute Gasteiger partial charge is 0.454 e. The van der Waals surface area contributed by atoms with Gasteiger partial charge in [-0.2, -0.15) is 4.98 Å². The van der Waals surface area contributed by atoms with Crippen LogP contribution in [0, 0.1) is 5.92 Å². The molecule has 2 aromatic heterocycles. The van der Waals surface area contributed by atoms with Crippen molar-refractivity contribution in [2.24, 2.45) is 13.0 Å². The molecule has 1 fully saturated rings. The zero-order chi connectivity index (χ0) is 19.8. The predicted molar refractivity (Wildman–Crippen MR) is 102 cm³/mol. The van der Waals surface area contributed by atoms with E-state index in [4.69, 9.17) is 14.0 Å². The van der Waals surface area contributed by atoms with Gasteiger partial charge in [0.1, 0.15) is 11.9 Å². The smallest absolute Gasteiger partial charge is 0.241 e. The molecule has 1 N–H and O–H groups in total. The first-order valence-corrected chi connectivity index (χ1v) is 9.77. The fourth-order valence-electron chi connectivity index (χ4n) is 3.96. The molecule has 3 aromatic rings. The van der Waals surface area contributed by atoms with Gasteiger partial charge in [0.25, 0.3) is 0 Å². The first-order chi connectivity index (χ1) is 14.2. The third-order valence-electron chi connectivity index (χ3n) is 5.66. The van der Waals surface area contributed by atoms with Crippen molar-refractivity contribution in [1.82, 2.24) is 24.6 Å². The molecule has 0 aliphatic carbocycles. The lowest BCUT2D eigenvalue weighted by atomic mass is 9.91. The summed E-state index contributed by atoms with van der Waals surface area (Å²) in [5.41, 5.74) is 0.834. The highest BCUT2D eigenvalue weighted by Gasteiger charge is 2.29. The van der Waals surface area contributed by atoms with Crippen LogP contribution in [0.4, 0.5) is 0 Å². The van der Waals surface area contributed by atoms with Gasteiger partial charge in [0.15, 0.2) is 11.5 Å². The van der Waals surface area contributed by atoms with Crippen LogP contribution in [0.1, 0.15) is 30.7 Å². The van der Waals surface area contributed by atoms with E-state index in [9.17, 15) is 5.11 Å². The van der Waals surface area contributed by atoms with Crippen LogP contribution in [0.5, 0.6) is 11.5 Å². The predicted octanol–water partition coefficient (Wildman–Crippen LogP) is 2.14. The number of ether oxygens (including phenoxy) is 2. The highest BCUT2D eigenvalue weighted by atomic mass is 16.7. The Morgan fingerprint density at radius 3 is 2.83 bits per heavy atom. The zero-order valence-corrected chi connectivity index (χ0v) is 16.2. The lowest BCUT2D eigenvalue weighted by Crippen LogP contribution is -2.35.